The lowest BCUT2D eigenvalue weighted by Gasteiger charge is -2.26. The highest BCUT2D eigenvalue weighted by atomic mass is 16.2. The van der Waals surface area contributed by atoms with E-state index in [1.165, 1.54) is 55.4 Å². The second kappa shape index (κ2) is 37.4. The Bertz CT molecular complexity index is 1610. The van der Waals surface area contributed by atoms with Gasteiger partial charge in [-0.15, -0.1) is 0 Å². The molecular weight excluding hydrogens is 813 g/mol. The number of carbonyl (C=O) groups is 7. The molecule has 3 rings (SSSR count). The number of amides is 5. The van der Waals surface area contributed by atoms with Gasteiger partial charge in [0.05, 0.1) is 18.6 Å². The molecule has 0 saturated heterocycles. The van der Waals surface area contributed by atoms with Crippen LogP contribution in [-0.2, 0) is 28.8 Å². The number of hydrogen-bond acceptors (Lipinski definition) is 9. The lowest BCUT2D eigenvalue weighted by Crippen LogP contribution is -2.50. The van der Waals surface area contributed by atoms with E-state index in [1.807, 2.05) is 38.1 Å². The average molecular weight is 897 g/mol. The molecule has 0 aliphatic heterocycles. The molecule has 14 nitrogen and oxygen atoms in total. The average Bonchev–Trinajstić information content (AvgIpc) is 3.25. The third-order valence-electron chi connectivity index (χ3n) is 9.49. The number of unbranched alkanes of at least 4 members (excludes halogenated alkanes) is 4. The first-order valence-electron chi connectivity index (χ1n) is 23.0. The summed E-state index contributed by atoms with van der Waals surface area (Å²) in [5, 5.41) is 17.2. The second-order valence-corrected chi connectivity index (χ2v) is 17.0. The van der Waals surface area contributed by atoms with Crippen LogP contribution in [0.2, 0.25) is 0 Å². The van der Waals surface area contributed by atoms with Crippen molar-refractivity contribution in [2.24, 2.45) is 5.92 Å². The van der Waals surface area contributed by atoms with Crippen molar-refractivity contribution in [3.05, 3.63) is 71.3 Å². The van der Waals surface area contributed by atoms with Crippen molar-refractivity contribution in [1.29, 1.82) is 0 Å². The summed E-state index contributed by atoms with van der Waals surface area (Å²) in [6, 6.07) is 14.1. The van der Waals surface area contributed by atoms with Crippen LogP contribution < -0.4 is 21.3 Å². The van der Waals surface area contributed by atoms with Crippen molar-refractivity contribution in [1.82, 2.24) is 31.1 Å². The molecule has 14 heteroatoms. The van der Waals surface area contributed by atoms with E-state index in [4.69, 9.17) is 5.11 Å². The minimum absolute atomic E-state index is 0.175. The van der Waals surface area contributed by atoms with E-state index in [9.17, 15) is 33.6 Å². The van der Waals surface area contributed by atoms with E-state index in [0.29, 0.717) is 36.3 Å². The fraction of sp³-hybridized carbons (Fsp3) is 0.620. The summed E-state index contributed by atoms with van der Waals surface area (Å²) in [4.78, 5) is 88.0. The van der Waals surface area contributed by atoms with Gasteiger partial charge >= 0.3 is 0 Å². The van der Waals surface area contributed by atoms with Crippen LogP contribution in [0.5, 0.6) is 0 Å². The summed E-state index contributed by atoms with van der Waals surface area (Å²) >= 11 is 0. The standard InChI is InChI=1S/C25H39N5O5.C14H17NO2.C6H14.C4H10.CH4O/c1-6-12-19(27-20(31)15-10-11-16-29(2)3)23(33)24(34)26-17-21(32)28-22(25(35)30(4)5)18-13-8-7-9-14-18;1-10(9-16)15-14(17)13-7-3-6-12(8-13)11-4-2-5-11;1-3-5-6-4-2;1-4(2)3;1-2/h7-9,13-14,19,22H,6,10-12,15-17H2,1-5H3,(H,26,34)(H,27,31)(H,28,32);3,6-11H,2,4-5H2,1H3,(H,15,17);3-6H2,1-2H3;4H,1-3H3;2H,1H3/t19?,22-;;;;/m0..../s1. The molecule has 1 saturated carbocycles. The molecule has 362 valence electrons. The zero-order valence-electron chi connectivity index (χ0n) is 41.3. The second-order valence-electron chi connectivity index (χ2n) is 17.0. The number of aliphatic hydroxyl groups excluding tert-OH is 1. The number of hydrogen-bond donors (Lipinski definition) is 5. The zero-order valence-corrected chi connectivity index (χ0v) is 41.3. The highest BCUT2D eigenvalue weighted by Gasteiger charge is 2.28. The topological polar surface area (TPSA) is 194 Å². The Kier molecular flexibility index (Phi) is 35.8. The molecule has 3 atom stereocenters. The minimum Gasteiger partial charge on any atom is -0.400 e. The Morgan fingerprint density at radius 2 is 1.34 bits per heavy atom. The van der Waals surface area contributed by atoms with Gasteiger partial charge in [-0.25, -0.2) is 0 Å². The Balaban J connectivity index is 0. The summed E-state index contributed by atoms with van der Waals surface area (Å²) in [6.07, 6.45) is 12.7. The largest absolute Gasteiger partial charge is 0.400 e. The highest BCUT2D eigenvalue weighted by Crippen LogP contribution is 2.36. The molecule has 64 heavy (non-hydrogen) atoms. The molecule has 0 spiro atoms. The maximum Gasteiger partial charge on any atom is 0.290 e. The van der Waals surface area contributed by atoms with Crippen LogP contribution in [0, 0.1) is 5.92 Å². The van der Waals surface area contributed by atoms with E-state index in [2.05, 4.69) is 62.0 Å². The maximum absolute atomic E-state index is 12.6. The molecule has 2 aromatic rings. The molecule has 2 aromatic carbocycles. The Morgan fingerprint density at radius 1 is 0.750 bits per heavy atom. The molecule has 0 heterocycles. The normalized spacial score (nSPS) is 12.8. The zero-order chi connectivity index (χ0) is 49.0. The van der Waals surface area contributed by atoms with Gasteiger partial charge in [0, 0.05) is 33.2 Å². The van der Waals surface area contributed by atoms with E-state index in [-0.39, 0.29) is 24.1 Å². The smallest absolute Gasteiger partial charge is 0.290 e. The van der Waals surface area contributed by atoms with Crippen molar-refractivity contribution >= 4 is 41.6 Å². The number of aliphatic hydroxyl groups is 1. The van der Waals surface area contributed by atoms with Gasteiger partial charge in [-0.3, -0.25) is 28.8 Å². The molecule has 0 aromatic heterocycles. The first-order valence-corrected chi connectivity index (χ1v) is 23.0. The first-order chi connectivity index (χ1) is 30.4. The third-order valence-corrected chi connectivity index (χ3v) is 9.49. The maximum atomic E-state index is 12.6. The van der Waals surface area contributed by atoms with Crippen LogP contribution in [0.1, 0.15) is 159 Å². The van der Waals surface area contributed by atoms with Gasteiger partial charge in [-0.2, -0.15) is 0 Å². The molecule has 0 bridgehead atoms. The molecule has 1 aliphatic rings. The van der Waals surface area contributed by atoms with Crippen LogP contribution in [0.4, 0.5) is 0 Å². The number of likely N-dealkylation sites (N-methyl/N-ethyl adjacent to an activating group) is 1. The van der Waals surface area contributed by atoms with Crippen LogP contribution in [0.15, 0.2) is 54.6 Å². The molecule has 1 fully saturated rings. The summed E-state index contributed by atoms with van der Waals surface area (Å²) in [5.41, 5.74) is 2.48. The van der Waals surface area contributed by atoms with Gasteiger partial charge in [0.15, 0.2) is 0 Å². The lowest BCUT2D eigenvalue weighted by molar-refractivity contribution is -0.141. The number of nitrogens with zero attached hydrogens (tertiary/aromatic N) is 2. The van der Waals surface area contributed by atoms with Gasteiger partial charge in [-0.05, 0) is 94.8 Å². The van der Waals surface area contributed by atoms with E-state index in [0.717, 1.165) is 32.3 Å². The molecule has 2 unspecified atom stereocenters. The molecular formula is C50H84N6O8. The van der Waals surface area contributed by atoms with Crippen LogP contribution in [-0.4, -0.2) is 117 Å². The summed E-state index contributed by atoms with van der Waals surface area (Å²) in [5.74, 6) is -1.71. The fourth-order valence-corrected chi connectivity index (χ4v) is 5.85. The summed E-state index contributed by atoms with van der Waals surface area (Å²) in [6.45, 7) is 14.9. The van der Waals surface area contributed by atoms with Crippen molar-refractivity contribution in [2.45, 2.75) is 150 Å². The van der Waals surface area contributed by atoms with E-state index >= 15 is 0 Å². The van der Waals surface area contributed by atoms with Crippen LogP contribution >= 0.6 is 0 Å². The predicted octanol–water partition coefficient (Wildman–Crippen LogP) is 6.76. The number of rotatable bonds is 22. The van der Waals surface area contributed by atoms with Gasteiger partial charge in [0.2, 0.25) is 23.5 Å². The number of benzene rings is 2. The Morgan fingerprint density at radius 3 is 1.83 bits per heavy atom. The lowest BCUT2D eigenvalue weighted by atomic mass is 9.79. The monoisotopic (exact) mass is 897 g/mol. The minimum atomic E-state index is -0.957. The van der Waals surface area contributed by atoms with Gasteiger partial charge in [-0.1, -0.05) is 123 Å². The van der Waals surface area contributed by atoms with Crippen LogP contribution in [0.25, 0.3) is 0 Å². The predicted molar refractivity (Wildman–Crippen MR) is 258 cm³/mol. The highest BCUT2D eigenvalue weighted by molar-refractivity contribution is 6.38. The Labute approximate surface area is 385 Å². The molecule has 5 amide bonds. The fourth-order valence-electron chi connectivity index (χ4n) is 5.85. The molecule has 5 N–H and O–H groups in total. The summed E-state index contributed by atoms with van der Waals surface area (Å²) < 4.78 is 0. The first kappa shape index (κ1) is 61.1. The quantitative estimate of drug-likeness (QED) is 0.0482. The SMILES string of the molecule is CC(C)C.CC(C=O)NC(=O)c1cccc(C2CCC2)c1.CCCC(NC(=O)CCCCN(C)C)C(=O)C(=O)NCC(=O)N[C@H](C(=O)N(C)C)c1ccccc1.CCCCCC.CO. The number of aldehydes is 1. The van der Waals surface area contributed by atoms with Crippen LogP contribution in [0.3, 0.4) is 0 Å². The van der Waals surface area contributed by atoms with E-state index in [1.54, 1.807) is 57.4 Å². The third kappa shape index (κ3) is 28.7. The van der Waals surface area contributed by atoms with Crippen molar-refractivity contribution in [2.75, 3.05) is 48.4 Å². The number of Topliss-reactive ketones (excluding diaryl/α,β-unsaturated/α-hetero) is 1. The van der Waals surface area contributed by atoms with Crippen molar-refractivity contribution in [3.8, 4) is 0 Å². The van der Waals surface area contributed by atoms with Crippen molar-refractivity contribution < 1.29 is 38.7 Å². The Hall–Kier alpha value is -4.95. The summed E-state index contributed by atoms with van der Waals surface area (Å²) in [7, 11) is 8.07. The molecule has 0 radical (unpaired) electrons. The van der Waals surface area contributed by atoms with E-state index < -0.39 is 42.3 Å². The molecule has 1 aliphatic carbocycles. The van der Waals surface area contributed by atoms with Gasteiger partial charge in [0.25, 0.3) is 11.8 Å². The van der Waals surface area contributed by atoms with Gasteiger partial charge in [0.1, 0.15) is 12.3 Å². The van der Waals surface area contributed by atoms with Gasteiger partial charge < -0.3 is 41.0 Å². The number of ketones is 1. The number of carbonyl (C=O) groups excluding carboxylic acids is 7. The van der Waals surface area contributed by atoms with Crippen molar-refractivity contribution in [3.63, 3.8) is 0 Å². The number of nitrogens with one attached hydrogen (secondary N) is 4.